The highest BCUT2D eigenvalue weighted by molar-refractivity contribution is 5.82. The molecule has 1 fully saturated rings. The molecule has 2 aromatic heterocycles. The molecule has 1 aliphatic rings. The van der Waals surface area contributed by atoms with Crippen LogP contribution < -0.4 is 21.3 Å². The SMILES string of the molecule is CCc1c(NCC(NC(=O)OCc2ccccc2)C(=O)OC(C)(C)C)ncnc1N1CCC(c2ncccc2CN)CC1. The van der Waals surface area contributed by atoms with Crippen LogP contribution in [-0.4, -0.2) is 58.3 Å². The number of amides is 1. The normalized spacial score (nSPS) is 14.6. The van der Waals surface area contributed by atoms with Crippen LogP contribution in [0.1, 0.15) is 68.8 Å². The lowest BCUT2D eigenvalue weighted by Gasteiger charge is -2.34. The molecule has 4 rings (SSSR count). The number of ether oxygens (including phenoxy) is 2. The fourth-order valence-corrected chi connectivity index (χ4v) is 5.18. The van der Waals surface area contributed by atoms with E-state index < -0.39 is 23.7 Å². The number of aromatic nitrogens is 3. The maximum absolute atomic E-state index is 13.1. The summed E-state index contributed by atoms with van der Waals surface area (Å²) < 4.78 is 10.9. The number of esters is 1. The molecule has 11 nitrogen and oxygen atoms in total. The van der Waals surface area contributed by atoms with Gasteiger partial charge in [0.1, 0.15) is 36.2 Å². The van der Waals surface area contributed by atoms with Crippen molar-refractivity contribution in [2.45, 2.75) is 77.7 Å². The molecule has 1 amide bonds. The second kappa shape index (κ2) is 14.8. The van der Waals surface area contributed by atoms with Gasteiger partial charge in [-0.2, -0.15) is 0 Å². The van der Waals surface area contributed by atoms with Gasteiger partial charge in [0.25, 0.3) is 0 Å². The molecule has 1 aliphatic heterocycles. The molecule has 11 heteroatoms. The Labute approximate surface area is 253 Å². The van der Waals surface area contributed by atoms with Gasteiger partial charge in [-0.3, -0.25) is 4.98 Å². The van der Waals surface area contributed by atoms with Crippen molar-refractivity contribution in [3.05, 3.63) is 77.4 Å². The summed E-state index contributed by atoms with van der Waals surface area (Å²) in [6, 6.07) is 12.3. The minimum Gasteiger partial charge on any atom is -0.458 e. The zero-order valence-corrected chi connectivity index (χ0v) is 25.5. The molecular formula is C32H43N7O4. The van der Waals surface area contributed by atoms with Crippen LogP contribution in [0.2, 0.25) is 0 Å². The Morgan fingerprint density at radius 2 is 1.81 bits per heavy atom. The number of hydrogen-bond acceptors (Lipinski definition) is 10. The van der Waals surface area contributed by atoms with E-state index in [-0.39, 0.29) is 13.2 Å². The molecule has 0 spiro atoms. The van der Waals surface area contributed by atoms with Crippen molar-refractivity contribution in [3.8, 4) is 0 Å². The maximum Gasteiger partial charge on any atom is 0.408 e. The Kier molecular flexibility index (Phi) is 10.9. The van der Waals surface area contributed by atoms with E-state index in [2.05, 4.69) is 36.6 Å². The Morgan fingerprint density at radius 3 is 2.49 bits per heavy atom. The zero-order chi connectivity index (χ0) is 30.8. The lowest BCUT2D eigenvalue weighted by Crippen LogP contribution is -2.48. The maximum atomic E-state index is 13.1. The van der Waals surface area contributed by atoms with Gasteiger partial charge in [-0.1, -0.05) is 43.3 Å². The Balaban J connectivity index is 1.43. The average molecular weight is 590 g/mol. The number of anilines is 2. The lowest BCUT2D eigenvalue weighted by atomic mass is 9.90. The standard InChI is InChI=1S/C32H43N7O4/c1-5-25-28(36-21-37-29(25)39-16-13-23(14-17-39)27-24(18-33)12-9-15-34-27)35-19-26(30(40)43-32(2,3)4)38-31(41)42-20-22-10-7-6-8-11-22/h6-12,15,21,23,26H,5,13-14,16-20,33H2,1-4H3,(H,38,41)(H,35,36,37). The van der Waals surface area contributed by atoms with Crippen LogP contribution in [0, 0.1) is 0 Å². The van der Waals surface area contributed by atoms with Crippen LogP contribution in [0.4, 0.5) is 16.4 Å². The number of piperidine rings is 1. The van der Waals surface area contributed by atoms with Gasteiger partial charge in [0.2, 0.25) is 0 Å². The van der Waals surface area contributed by atoms with Crippen molar-refractivity contribution < 1.29 is 19.1 Å². The van der Waals surface area contributed by atoms with Crippen LogP contribution >= 0.6 is 0 Å². The molecule has 0 radical (unpaired) electrons. The second-order valence-electron chi connectivity index (χ2n) is 11.6. The highest BCUT2D eigenvalue weighted by Gasteiger charge is 2.29. The molecule has 230 valence electrons. The summed E-state index contributed by atoms with van der Waals surface area (Å²) in [4.78, 5) is 41.7. The third-order valence-electron chi connectivity index (χ3n) is 7.27. The third kappa shape index (κ3) is 8.87. The van der Waals surface area contributed by atoms with Crippen LogP contribution in [0.15, 0.2) is 55.0 Å². The average Bonchev–Trinajstić information content (AvgIpc) is 3.01. The van der Waals surface area contributed by atoms with E-state index in [4.69, 9.17) is 15.2 Å². The third-order valence-corrected chi connectivity index (χ3v) is 7.27. The second-order valence-corrected chi connectivity index (χ2v) is 11.6. The van der Waals surface area contributed by atoms with E-state index >= 15 is 0 Å². The largest absolute Gasteiger partial charge is 0.458 e. The molecule has 4 N–H and O–H groups in total. The van der Waals surface area contributed by atoms with Crippen LogP contribution in [0.5, 0.6) is 0 Å². The molecule has 3 heterocycles. The fourth-order valence-electron chi connectivity index (χ4n) is 5.18. The summed E-state index contributed by atoms with van der Waals surface area (Å²) >= 11 is 0. The fraction of sp³-hybridized carbons (Fsp3) is 0.469. The molecule has 0 saturated carbocycles. The first-order chi connectivity index (χ1) is 20.7. The summed E-state index contributed by atoms with van der Waals surface area (Å²) in [6.45, 7) is 9.66. The van der Waals surface area contributed by atoms with Crippen LogP contribution in [-0.2, 0) is 33.8 Å². The highest BCUT2D eigenvalue weighted by atomic mass is 16.6. The predicted molar refractivity (Wildman–Crippen MR) is 166 cm³/mol. The predicted octanol–water partition coefficient (Wildman–Crippen LogP) is 4.33. The van der Waals surface area contributed by atoms with Crippen molar-refractivity contribution in [2.75, 3.05) is 29.9 Å². The van der Waals surface area contributed by atoms with Crippen molar-refractivity contribution >= 4 is 23.7 Å². The van der Waals surface area contributed by atoms with Gasteiger partial charge in [0.15, 0.2) is 0 Å². The zero-order valence-electron chi connectivity index (χ0n) is 25.5. The van der Waals surface area contributed by atoms with Crippen molar-refractivity contribution in [2.24, 2.45) is 5.73 Å². The monoisotopic (exact) mass is 589 g/mol. The van der Waals surface area contributed by atoms with Gasteiger partial charge in [-0.25, -0.2) is 19.6 Å². The number of rotatable bonds is 11. The van der Waals surface area contributed by atoms with Crippen LogP contribution in [0.3, 0.4) is 0 Å². The number of benzene rings is 1. The molecule has 3 aromatic rings. The Hall–Kier alpha value is -4.25. The van der Waals surface area contributed by atoms with E-state index in [9.17, 15) is 9.59 Å². The van der Waals surface area contributed by atoms with Gasteiger partial charge < -0.3 is 30.7 Å². The molecule has 1 aromatic carbocycles. The van der Waals surface area contributed by atoms with Gasteiger partial charge >= 0.3 is 12.1 Å². The summed E-state index contributed by atoms with van der Waals surface area (Å²) in [7, 11) is 0. The van der Waals surface area contributed by atoms with E-state index in [1.165, 1.54) is 6.33 Å². The molecule has 1 saturated heterocycles. The summed E-state index contributed by atoms with van der Waals surface area (Å²) in [5, 5.41) is 5.92. The van der Waals surface area contributed by atoms with Crippen LogP contribution in [0.25, 0.3) is 0 Å². The van der Waals surface area contributed by atoms with E-state index in [1.807, 2.05) is 49.5 Å². The number of alkyl carbamates (subject to hydrolysis) is 1. The highest BCUT2D eigenvalue weighted by Crippen LogP contribution is 2.33. The van der Waals surface area contributed by atoms with E-state index in [0.717, 1.165) is 54.1 Å². The van der Waals surface area contributed by atoms with Gasteiger partial charge in [-0.15, -0.1) is 0 Å². The molecule has 0 aliphatic carbocycles. The summed E-state index contributed by atoms with van der Waals surface area (Å²) in [5.74, 6) is 1.25. The minimum atomic E-state index is -1.00. The summed E-state index contributed by atoms with van der Waals surface area (Å²) in [5.41, 5.74) is 9.20. The number of nitrogens with two attached hydrogens (primary N) is 1. The molecule has 1 unspecified atom stereocenters. The summed E-state index contributed by atoms with van der Waals surface area (Å²) in [6.07, 6.45) is 5.21. The van der Waals surface area contributed by atoms with E-state index in [0.29, 0.717) is 24.7 Å². The number of nitrogens with one attached hydrogen (secondary N) is 2. The van der Waals surface area contributed by atoms with E-state index in [1.54, 1.807) is 20.8 Å². The topological polar surface area (TPSA) is 145 Å². The van der Waals surface area contributed by atoms with Crippen molar-refractivity contribution in [3.63, 3.8) is 0 Å². The van der Waals surface area contributed by atoms with Gasteiger partial charge in [0.05, 0.1) is 0 Å². The number of carbonyl (C=O) groups is 2. The first-order valence-electron chi connectivity index (χ1n) is 14.8. The van der Waals surface area contributed by atoms with Gasteiger partial charge in [-0.05, 0) is 57.2 Å². The Bertz CT molecular complexity index is 1360. The van der Waals surface area contributed by atoms with Crippen molar-refractivity contribution in [1.29, 1.82) is 0 Å². The molecule has 0 bridgehead atoms. The first-order valence-corrected chi connectivity index (χ1v) is 14.8. The Morgan fingerprint density at radius 1 is 1.07 bits per heavy atom. The lowest BCUT2D eigenvalue weighted by molar-refractivity contribution is -0.156. The molecule has 43 heavy (non-hydrogen) atoms. The molecule has 1 atom stereocenters. The number of hydrogen-bond donors (Lipinski definition) is 3. The smallest absolute Gasteiger partial charge is 0.408 e. The quantitative estimate of drug-likeness (QED) is 0.277. The van der Waals surface area contributed by atoms with Gasteiger partial charge in [0, 0.05) is 49.6 Å². The first kappa shape index (κ1) is 31.7. The number of carbonyl (C=O) groups excluding carboxylic acids is 2. The minimum absolute atomic E-state index is 0.0580. The molecular weight excluding hydrogens is 546 g/mol. The van der Waals surface area contributed by atoms with Crippen molar-refractivity contribution in [1.82, 2.24) is 20.3 Å². The number of pyridine rings is 1. The number of nitrogens with zero attached hydrogens (tertiary/aromatic N) is 4.